The third-order valence-corrected chi connectivity index (χ3v) is 4.16. The fraction of sp³-hybridized carbons (Fsp3) is 0.111. The molecule has 0 saturated heterocycles. The minimum atomic E-state index is 0.853. The highest BCUT2D eigenvalue weighted by Gasteiger charge is 2.00. The Hall–Kier alpha value is -1.55. The lowest BCUT2D eigenvalue weighted by molar-refractivity contribution is 1.14. The summed E-state index contributed by atoms with van der Waals surface area (Å²) in [5, 5.41) is 6.11. The molecule has 0 aromatic heterocycles. The quantitative estimate of drug-likeness (QED) is 0.609. The molecule has 0 spiro atoms. The highest BCUT2D eigenvalue weighted by atomic mass is 127. The van der Waals surface area contributed by atoms with Gasteiger partial charge in [-0.05, 0) is 75.7 Å². The molecule has 3 aromatic rings. The molecule has 20 heavy (non-hydrogen) atoms. The highest BCUT2D eigenvalue weighted by molar-refractivity contribution is 14.1. The molecule has 3 rings (SSSR count). The third kappa shape index (κ3) is 2.96. The Morgan fingerprint density at radius 1 is 0.900 bits per heavy atom. The van der Waals surface area contributed by atoms with E-state index in [0.29, 0.717) is 0 Å². The maximum atomic E-state index is 3.52. The summed E-state index contributed by atoms with van der Waals surface area (Å²) in [6, 6.07) is 21.6. The van der Waals surface area contributed by atoms with Crippen LogP contribution in [-0.2, 0) is 6.54 Å². The molecule has 2 heteroatoms. The first-order valence-electron chi connectivity index (χ1n) is 6.70. The van der Waals surface area contributed by atoms with Gasteiger partial charge in [-0.2, -0.15) is 0 Å². The van der Waals surface area contributed by atoms with Crippen LogP contribution in [0.3, 0.4) is 0 Å². The second kappa shape index (κ2) is 5.83. The Morgan fingerprint density at radius 3 is 2.50 bits per heavy atom. The number of hydrogen-bond acceptors (Lipinski definition) is 1. The molecule has 0 aliphatic rings. The van der Waals surface area contributed by atoms with Crippen LogP contribution in [0.5, 0.6) is 0 Å². The van der Waals surface area contributed by atoms with E-state index in [0.717, 1.165) is 6.54 Å². The molecule has 3 aromatic carbocycles. The zero-order valence-corrected chi connectivity index (χ0v) is 13.5. The average Bonchev–Trinajstić information content (AvgIpc) is 2.46. The smallest absolute Gasteiger partial charge is 0.0401 e. The van der Waals surface area contributed by atoms with Gasteiger partial charge in [0.05, 0.1) is 0 Å². The van der Waals surface area contributed by atoms with E-state index in [2.05, 4.69) is 95.5 Å². The Morgan fingerprint density at radius 2 is 1.70 bits per heavy atom. The Bertz CT molecular complexity index is 749. The minimum absolute atomic E-state index is 0.853. The fourth-order valence-electron chi connectivity index (χ4n) is 2.37. The van der Waals surface area contributed by atoms with Crippen LogP contribution in [-0.4, -0.2) is 0 Å². The number of halogens is 1. The van der Waals surface area contributed by atoms with Crippen molar-refractivity contribution in [1.82, 2.24) is 0 Å². The van der Waals surface area contributed by atoms with E-state index in [1.807, 2.05) is 0 Å². The summed E-state index contributed by atoms with van der Waals surface area (Å²) in [5.41, 5.74) is 3.80. The predicted molar refractivity (Wildman–Crippen MR) is 95.2 cm³/mol. The Labute approximate surface area is 133 Å². The van der Waals surface area contributed by atoms with E-state index in [1.54, 1.807) is 0 Å². The van der Waals surface area contributed by atoms with E-state index < -0.39 is 0 Å². The molecule has 0 aliphatic carbocycles. The maximum absolute atomic E-state index is 3.52. The summed E-state index contributed by atoms with van der Waals surface area (Å²) in [4.78, 5) is 0. The van der Waals surface area contributed by atoms with Gasteiger partial charge in [0.25, 0.3) is 0 Å². The van der Waals surface area contributed by atoms with Gasteiger partial charge in [0, 0.05) is 15.8 Å². The van der Waals surface area contributed by atoms with Crippen molar-refractivity contribution in [2.45, 2.75) is 13.5 Å². The van der Waals surface area contributed by atoms with Crippen molar-refractivity contribution in [3.05, 3.63) is 75.4 Å². The summed E-state index contributed by atoms with van der Waals surface area (Å²) in [6.07, 6.45) is 0. The number of rotatable bonds is 3. The van der Waals surface area contributed by atoms with E-state index in [-0.39, 0.29) is 0 Å². The fourth-order valence-corrected chi connectivity index (χ4v) is 3.02. The lowest BCUT2D eigenvalue weighted by Gasteiger charge is -2.10. The van der Waals surface area contributed by atoms with Crippen molar-refractivity contribution in [3.63, 3.8) is 0 Å². The molecule has 0 aliphatic heterocycles. The van der Waals surface area contributed by atoms with Gasteiger partial charge >= 0.3 is 0 Å². The SMILES string of the molecule is Cc1cc(I)ccc1NCc1ccc2ccccc2c1. The highest BCUT2D eigenvalue weighted by Crippen LogP contribution is 2.20. The molecule has 0 fully saturated rings. The number of aryl methyl sites for hydroxylation is 1. The van der Waals surface area contributed by atoms with Crippen LogP contribution in [0.2, 0.25) is 0 Å². The molecule has 0 heterocycles. The standard InChI is InChI=1S/C18H16IN/c1-13-10-17(19)8-9-18(13)20-12-14-6-7-15-4-2-3-5-16(15)11-14/h2-11,20H,12H2,1H3. The van der Waals surface area contributed by atoms with E-state index in [9.17, 15) is 0 Å². The van der Waals surface area contributed by atoms with Gasteiger partial charge in [0.15, 0.2) is 0 Å². The first-order chi connectivity index (χ1) is 9.72. The minimum Gasteiger partial charge on any atom is -0.381 e. The van der Waals surface area contributed by atoms with Gasteiger partial charge < -0.3 is 5.32 Å². The molecule has 1 N–H and O–H groups in total. The van der Waals surface area contributed by atoms with Crippen molar-refractivity contribution in [3.8, 4) is 0 Å². The van der Waals surface area contributed by atoms with Gasteiger partial charge in [-0.1, -0.05) is 36.4 Å². The van der Waals surface area contributed by atoms with Crippen LogP contribution in [0.1, 0.15) is 11.1 Å². The van der Waals surface area contributed by atoms with Gasteiger partial charge in [0.1, 0.15) is 0 Å². The Balaban J connectivity index is 1.79. The van der Waals surface area contributed by atoms with Gasteiger partial charge in [-0.3, -0.25) is 0 Å². The van der Waals surface area contributed by atoms with Crippen LogP contribution in [0, 0.1) is 10.5 Å². The van der Waals surface area contributed by atoms with Crippen LogP contribution in [0.15, 0.2) is 60.7 Å². The molecule has 0 amide bonds. The van der Waals surface area contributed by atoms with Crippen LogP contribution in [0.4, 0.5) is 5.69 Å². The predicted octanol–water partition coefficient (Wildman–Crippen LogP) is 5.36. The van der Waals surface area contributed by atoms with E-state index >= 15 is 0 Å². The summed E-state index contributed by atoms with van der Waals surface area (Å²) < 4.78 is 1.27. The average molecular weight is 373 g/mol. The van der Waals surface area contributed by atoms with Crippen molar-refractivity contribution >= 4 is 39.1 Å². The first-order valence-corrected chi connectivity index (χ1v) is 7.78. The largest absolute Gasteiger partial charge is 0.381 e. The summed E-state index contributed by atoms with van der Waals surface area (Å²) in [6.45, 7) is 3.00. The van der Waals surface area contributed by atoms with E-state index in [4.69, 9.17) is 0 Å². The molecule has 0 unspecified atom stereocenters. The maximum Gasteiger partial charge on any atom is 0.0401 e. The third-order valence-electron chi connectivity index (χ3n) is 3.49. The zero-order valence-electron chi connectivity index (χ0n) is 11.4. The van der Waals surface area contributed by atoms with Gasteiger partial charge in [-0.25, -0.2) is 0 Å². The molecule has 1 nitrogen and oxygen atoms in total. The topological polar surface area (TPSA) is 12.0 Å². The zero-order chi connectivity index (χ0) is 13.9. The molecule has 100 valence electrons. The number of hydrogen-bond donors (Lipinski definition) is 1. The number of nitrogens with one attached hydrogen (secondary N) is 1. The van der Waals surface area contributed by atoms with Crippen molar-refractivity contribution in [2.24, 2.45) is 0 Å². The van der Waals surface area contributed by atoms with Crippen molar-refractivity contribution in [1.29, 1.82) is 0 Å². The second-order valence-corrected chi connectivity index (χ2v) is 6.24. The molecule has 0 radical (unpaired) electrons. The normalized spacial score (nSPS) is 10.7. The van der Waals surface area contributed by atoms with Gasteiger partial charge in [-0.15, -0.1) is 0 Å². The summed E-state index contributed by atoms with van der Waals surface area (Å²) in [7, 11) is 0. The molecular formula is C18H16IN. The lowest BCUT2D eigenvalue weighted by atomic mass is 10.1. The molecular weight excluding hydrogens is 357 g/mol. The molecule has 0 atom stereocenters. The monoisotopic (exact) mass is 373 g/mol. The number of benzene rings is 3. The summed E-state index contributed by atoms with van der Waals surface area (Å²) >= 11 is 2.34. The number of fused-ring (bicyclic) bond motifs is 1. The lowest BCUT2D eigenvalue weighted by Crippen LogP contribution is -2.01. The second-order valence-electron chi connectivity index (χ2n) is 4.99. The first kappa shape index (κ1) is 13.4. The number of anilines is 1. The van der Waals surface area contributed by atoms with Gasteiger partial charge in [0.2, 0.25) is 0 Å². The molecule has 0 bridgehead atoms. The van der Waals surface area contributed by atoms with Crippen LogP contribution >= 0.6 is 22.6 Å². The van der Waals surface area contributed by atoms with Crippen LogP contribution < -0.4 is 5.32 Å². The van der Waals surface area contributed by atoms with Crippen molar-refractivity contribution in [2.75, 3.05) is 5.32 Å². The van der Waals surface area contributed by atoms with Crippen molar-refractivity contribution < 1.29 is 0 Å². The van der Waals surface area contributed by atoms with Crippen LogP contribution in [0.25, 0.3) is 10.8 Å². The Kier molecular flexibility index (Phi) is 3.92. The van der Waals surface area contributed by atoms with E-state index in [1.165, 1.54) is 31.2 Å². The summed E-state index contributed by atoms with van der Waals surface area (Å²) in [5.74, 6) is 0. The molecule has 0 saturated carbocycles.